The molecule has 0 saturated heterocycles. The summed E-state index contributed by atoms with van der Waals surface area (Å²) in [6, 6.07) is 10.5. The molecule has 2 N–H and O–H groups in total. The first-order chi connectivity index (χ1) is 13.4. The zero-order valence-electron chi connectivity index (χ0n) is 14.4. The maximum absolute atomic E-state index is 13.8. The van der Waals surface area contributed by atoms with Gasteiger partial charge in [0.25, 0.3) is 0 Å². The van der Waals surface area contributed by atoms with Crippen LogP contribution in [0.25, 0.3) is 10.9 Å². The molecule has 8 heteroatoms. The number of hydrogen-bond acceptors (Lipinski definition) is 3. The Morgan fingerprint density at radius 3 is 2.25 bits per heavy atom. The minimum absolute atomic E-state index is 0.258. The fraction of sp³-hybridized carbons (Fsp3) is 0.150. The summed E-state index contributed by atoms with van der Waals surface area (Å²) in [6.45, 7) is 0. The molecule has 4 rings (SSSR count). The van der Waals surface area contributed by atoms with Crippen molar-refractivity contribution in [3.8, 4) is 0 Å². The topological polar surface area (TPSA) is 71.1 Å². The van der Waals surface area contributed by atoms with Gasteiger partial charge in [-0.25, -0.2) is 13.2 Å². The molecule has 3 aromatic rings. The average molecular weight is 385 g/mol. The first kappa shape index (κ1) is 18.0. The van der Waals surface area contributed by atoms with Gasteiger partial charge in [0.15, 0.2) is 17.5 Å². The molecule has 0 atom stereocenters. The molecular formula is C20H14F3N3O2. The number of aromatic nitrogens is 1. The van der Waals surface area contributed by atoms with Crippen LogP contribution in [0.3, 0.4) is 0 Å². The first-order valence-electron chi connectivity index (χ1n) is 8.52. The zero-order chi connectivity index (χ0) is 19.9. The number of carbonyl (C=O) groups excluding carboxylic acids is 2. The molecule has 5 nitrogen and oxygen atoms in total. The minimum Gasteiger partial charge on any atom is -0.323 e. The Bertz CT molecular complexity index is 1110. The molecule has 0 unspecified atom stereocenters. The molecule has 0 spiro atoms. The lowest BCUT2D eigenvalue weighted by molar-refractivity contribution is -0.131. The fourth-order valence-electron chi connectivity index (χ4n) is 2.99. The minimum atomic E-state index is -1.69. The molecular weight excluding hydrogens is 371 g/mol. The van der Waals surface area contributed by atoms with E-state index >= 15 is 0 Å². The van der Waals surface area contributed by atoms with Gasteiger partial charge in [-0.1, -0.05) is 18.2 Å². The Labute approximate surface area is 157 Å². The lowest BCUT2D eigenvalue weighted by atomic mass is 10.0. The van der Waals surface area contributed by atoms with Crippen molar-refractivity contribution in [3.05, 3.63) is 66.1 Å². The Morgan fingerprint density at radius 2 is 1.54 bits per heavy atom. The van der Waals surface area contributed by atoms with E-state index in [1.165, 1.54) is 0 Å². The number of nitrogens with zero attached hydrogens (tertiary/aromatic N) is 1. The number of anilines is 2. The van der Waals surface area contributed by atoms with Gasteiger partial charge >= 0.3 is 0 Å². The normalized spacial score (nSPS) is 14.5. The van der Waals surface area contributed by atoms with Crippen LogP contribution in [0.1, 0.15) is 12.8 Å². The van der Waals surface area contributed by atoms with Crippen LogP contribution in [0.5, 0.6) is 0 Å². The zero-order valence-corrected chi connectivity index (χ0v) is 14.4. The van der Waals surface area contributed by atoms with Crippen molar-refractivity contribution >= 4 is 34.1 Å². The summed E-state index contributed by atoms with van der Waals surface area (Å²) in [4.78, 5) is 29.6. The third-order valence-corrected chi connectivity index (χ3v) is 4.78. The van der Waals surface area contributed by atoms with E-state index < -0.39 is 40.4 Å². The number of rotatable bonds is 4. The van der Waals surface area contributed by atoms with Crippen LogP contribution in [-0.2, 0) is 9.59 Å². The van der Waals surface area contributed by atoms with Gasteiger partial charge in [-0.05, 0) is 37.1 Å². The number of amides is 2. The summed E-state index contributed by atoms with van der Waals surface area (Å²) >= 11 is 0. The van der Waals surface area contributed by atoms with Gasteiger partial charge in [0.1, 0.15) is 5.41 Å². The Hall–Kier alpha value is -3.42. The summed E-state index contributed by atoms with van der Waals surface area (Å²) in [5.41, 5.74) is -0.897. The summed E-state index contributed by atoms with van der Waals surface area (Å²) in [5, 5.41) is 5.71. The highest BCUT2D eigenvalue weighted by atomic mass is 19.2. The maximum Gasteiger partial charge on any atom is 0.240 e. The average Bonchev–Trinajstić information content (AvgIpc) is 3.51. The number of halogens is 3. The van der Waals surface area contributed by atoms with Crippen molar-refractivity contribution in [1.29, 1.82) is 0 Å². The highest BCUT2D eigenvalue weighted by Crippen LogP contribution is 2.48. The summed E-state index contributed by atoms with van der Waals surface area (Å²) in [5.74, 6) is -5.90. The largest absolute Gasteiger partial charge is 0.323 e. The number of hydrogen-bond donors (Lipinski definition) is 2. The van der Waals surface area contributed by atoms with E-state index in [9.17, 15) is 22.8 Å². The maximum atomic E-state index is 13.8. The molecule has 1 aromatic heterocycles. The van der Waals surface area contributed by atoms with Crippen LogP contribution >= 0.6 is 0 Å². The second-order valence-corrected chi connectivity index (χ2v) is 6.59. The van der Waals surface area contributed by atoms with Gasteiger partial charge in [0, 0.05) is 11.6 Å². The molecule has 0 radical (unpaired) electrons. The smallest absolute Gasteiger partial charge is 0.240 e. The predicted molar refractivity (Wildman–Crippen MR) is 97.0 cm³/mol. The van der Waals surface area contributed by atoms with E-state index in [1.54, 1.807) is 24.4 Å². The fourth-order valence-corrected chi connectivity index (χ4v) is 2.99. The van der Waals surface area contributed by atoms with Crippen LogP contribution in [-0.4, -0.2) is 16.8 Å². The molecule has 1 saturated carbocycles. The van der Waals surface area contributed by atoms with Crippen molar-refractivity contribution in [2.45, 2.75) is 12.8 Å². The molecule has 1 aliphatic carbocycles. The Morgan fingerprint density at radius 1 is 0.857 bits per heavy atom. The third-order valence-electron chi connectivity index (χ3n) is 4.78. The molecule has 142 valence electrons. The van der Waals surface area contributed by atoms with Crippen molar-refractivity contribution in [3.63, 3.8) is 0 Å². The van der Waals surface area contributed by atoms with Crippen molar-refractivity contribution in [2.75, 3.05) is 10.6 Å². The molecule has 0 aliphatic heterocycles. The van der Waals surface area contributed by atoms with Gasteiger partial charge in [-0.2, -0.15) is 0 Å². The highest BCUT2D eigenvalue weighted by Gasteiger charge is 2.56. The number of carbonyl (C=O) groups is 2. The van der Waals surface area contributed by atoms with E-state index in [0.717, 1.165) is 11.5 Å². The monoisotopic (exact) mass is 385 g/mol. The van der Waals surface area contributed by atoms with Gasteiger partial charge < -0.3 is 10.6 Å². The van der Waals surface area contributed by atoms with E-state index in [-0.39, 0.29) is 12.8 Å². The summed E-state index contributed by atoms with van der Waals surface area (Å²) in [7, 11) is 0. The van der Waals surface area contributed by atoms with Crippen LogP contribution in [0.15, 0.2) is 48.7 Å². The summed E-state index contributed by atoms with van der Waals surface area (Å²) in [6.07, 6.45) is 2.10. The molecule has 2 aromatic carbocycles. The Kier molecular flexibility index (Phi) is 4.26. The number of pyridine rings is 1. The quantitative estimate of drug-likeness (QED) is 0.527. The Balaban J connectivity index is 1.56. The number of para-hydroxylation sites is 1. The van der Waals surface area contributed by atoms with E-state index in [2.05, 4.69) is 15.6 Å². The van der Waals surface area contributed by atoms with Crippen molar-refractivity contribution in [2.24, 2.45) is 5.41 Å². The number of fused-ring (bicyclic) bond motifs is 1. The standard InChI is InChI=1S/C20H14F3N3O2/c21-12-6-7-13(16(23)15(12)22)25-18(27)20(8-9-20)19(28)26-14-5-1-3-11-4-2-10-24-17(11)14/h1-7,10H,8-9H2,(H,25,27)(H,26,28). The van der Waals surface area contributed by atoms with Crippen LogP contribution in [0.4, 0.5) is 24.5 Å². The van der Waals surface area contributed by atoms with Crippen LogP contribution in [0, 0.1) is 22.9 Å². The van der Waals surface area contributed by atoms with Crippen LogP contribution < -0.4 is 10.6 Å². The molecule has 2 amide bonds. The molecule has 28 heavy (non-hydrogen) atoms. The summed E-state index contributed by atoms with van der Waals surface area (Å²) < 4.78 is 40.2. The third kappa shape index (κ3) is 2.96. The van der Waals surface area contributed by atoms with Crippen molar-refractivity contribution in [1.82, 2.24) is 4.98 Å². The van der Waals surface area contributed by atoms with Gasteiger partial charge in [0.05, 0.1) is 16.9 Å². The number of benzene rings is 2. The van der Waals surface area contributed by atoms with E-state index in [1.807, 2.05) is 12.1 Å². The van der Waals surface area contributed by atoms with Crippen LogP contribution in [0.2, 0.25) is 0 Å². The van der Waals surface area contributed by atoms with Crippen molar-refractivity contribution < 1.29 is 22.8 Å². The predicted octanol–water partition coefficient (Wildman–Crippen LogP) is 4.01. The van der Waals surface area contributed by atoms with E-state index in [4.69, 9.17) is 0 Å². The SMILES string of the molecule is O=C(Nc1ccc(F)c(F)c1F)C1(C(=O)Nc2cccc3cccnc23)CC1. The second kappa shape index (κ2) is 6.63. The van der Waals surface area contributed by atoms with E-state index in [0.29, 0.717) is 17.3 Å². The van der Waals surface area contributed by atoms with Gasteiger partial charge in [0.2, 0.25) is 11.8 Å². The molecule has 0 bridgehead atoms. The second-order valence-electron chi connectivity index (χ2n) is 6.59. The molecule has 1 aliphatic rings. The number of nitrogens with one attached hydrogen (secondary N) is 2. The first-order valence-corrected chi connectivity index (χ1v) is 8.52. The lowest BCUT2D eigenvalue weighted by Gasteiger charge is -2.16. The van der Waals surface area contributed by atoms with Gasteiger partial charge in [-0.3, -0.25) is 14.6 Å². The lowest BCUT2D eigenvalue weighted by Crippen LogP contribution is -2.36. The highest BCUT2D eigenvalue weighted by molar-refractivity contribution is 6.18. The molecule has 1 fully saturated rings. The molecule has 1 heterocycles. The van der Waals surface area contributed by atoms with Gasteiger partial charge in [-0.15, -0.1) is 0 Å².